The van der Waals surface area contributed by atoms with Crippen molar-refractivity contribution in [2.24, 2.45) is 0 Å². The van der Waals surface area contributed by atoms with Gasteiger partial charge in [-0.05, 0) is 45.4 Å². The molecule has 0 aliphatic rings. The summed E-state index contributed by atoms with van der Waals surface area (Å²) in [5, 5.41) is 0. The van der Waals surface area contributed by atoms with Gasteiger partial charge >= 0.3 is 0 Å². The van der Waals surface area contributed by atoms with Crippen molar-refractivity contribution in [1.82, 2.24) is 0 Å². The average Bonchev–Trinajstić information content (AvgIpc) is 2.90. The molecule has 1 radical (unpaired) electrons. The Balaban J connectivity index is 3.17. The first kappa shape index (κ1) is 36.7. The molecular formula is C35H69O2. The molecule has 0 spiro atoms. The fourth-order valence-corrected chi connectivity index (χ4v) is 4.91. The van der Waals surface area contributed by atoms with E-state index in [0.29, 0.717) is 6.61 Å². The number of rotatable bonds is 32. The third-order valence-corrected chi connectivity index (χ3v) is 7.46. The van der Waals surface area contributed by atoms with E-state index in [1.54, 1.807) is 0 Å². The van der Waals surface area contributed by atoms with Crippen molar-refractivity contribution in [2.45, 2.75) is 187 Å². The molecule has 0 amide bonds. The summed E-state index contributed by atoms with van der Waals surface area (Å²) in [7, 11) is 0. The van der Waals surface area contributed by atoms with Crippen LogP contribution in [-0.2, 0) is 9.47 Å². The van der Waals surface area contributed by atoms with Crippen LogP contribution in [0.5, 0.6) is 0 Å². The Bertz CT molecular complexity index is 419. The molecule has 1 atom stereocenters. The molecule has 0 heterocycles. The fraction of sp³-hybridized carbons (Fsp3) is 0.914. The lowest BCUT2D eigenvalue weighted by molar-refractivity contribution is 0.00440. The van der Waals surface area contributed by atoms with Crippen molar-refractivity contribution in [3.63, 3.8) is 0 Å². The quantitative estimate of drug-likeness (QED) is 0.0647. The number of hydrogen-bond donors (Lipinski definition) is 0. The Hall–Kier alpha value is -0.340. The van der Waals surface area contributed by atoms with Gasteiger partial charge in [0.25, 0.3) is 0 Å². The molecule has 0 saturated heterocycles. The maximum atomic E-state index is 5.83. The minimum absolute atomic E-state index is 0.0135. The van der Waals surface area contributed by atoms with Gasteiger partial charge in [0.15, 0.2) is 0 Å². The van der Waals surface area contributed by atoms with E-state index in [4.69, 9.17) is 9.47 Å². The monoisotopic (exact) mass is 522 g/mol. The Morgan fingerprint density at radius 1 is 0.459 bits per heavy atom. The van der Waals surface area contributed by atoms with E-state index in [9.17, 15) is 0 Å². The van der Waals surface area contributed by atoms with Crippen molar-refractivity contribution in [1.29, 1.82) is 0 Å². The summed E-state index contributed by atoms with van der Waals surface area (Å²) in [4.78, 5) is 0. The van der Waals surface area contributed by atoms with E-state index in [1.165, 1.54) is 161 Å². The van der Waals surface area contributed by atoms with Gasteiger partial charge in [0.05, 0.1) is 12.7 Å². The largest absolute Gasteiger partial charge is 0.379 e. The summed E-state index contributed by atoms with van der Waals surface area (Å²) in [6, 6.07) is 0. The first-order valence-corrected chi connectivity index (χ1v) is 17.0. The first-order valence-electron chi connectivity index (χ1n) is 17.0. The summed E-state index contributed by atoms with van der Waals surface area (Å²) in [6.45, 7) is 11.0. The van der Waals surface area contributed by atoms with Crippen LogP contribution in [0.2, 0.25) is 0 Å². The lowest BCUT2D eigenvalue weighted by Gasteiger charge is -2.13. The SMILES string of the molecule is [CH2]C(COCCCCCCCCCCCCCCCC)OCCCCCCCC/C=C\CCCCCC. The van der Waals surface area contributed by atoms with Crippen LogP contribution in [0.4, 0.5) is 0 Å². The second-order valence-electron chi connectivity index (χ2n) is 11.4. The minimum Gasteiger partial charge on any atom is -0.379 e. The fourth-order valence-electron chi connectivity index (χ4n) is 4.91. The highest BCUT2D eigenvalue weighted by Crippen LogP contribution is 2.13. The van der Waals surface area contributed by atoms with Gasteiger partial charge in [-0.1, -0.05) is 154 Å². The van der Waals surface area contributed by atoms with E-state index in [1.807, 2.05) is 0 Å². The normalized spacial score (nSPS) is 12.6. The standard InChI is InChI=1S/C35H69O2/c1-4-6-8-10-12-14-16-18-20-22-24-26-28-30-32-36-34-35(3)37-33-31-29-27-25-23-21-19-17-15-13-11-9-7-5-2/h15,17,35H,3-14,16,18-34H2,1-2H3/b17-15-. The van der Waals surface area contributed by atoms with E-state index in [-0.39, 0.29) is 6.10 Å². The van der Waals surface area contributed by atoms with Crippen LogP contribution in [0.3, 0.4) is 0 Å². The highest BCUT2D eigenvalue weighted by molar-refractivity contribution is 4.81. The molecule has 0 fully saturated rings. The Kier molecular flexibility index (Phi) is 33.4. The zero-order chi connectivity index (χ0) is 26.9. The van der Waals surface area contributed by atoms with Gasteiger partial charge in [0.1, 0.15) is 0 Å². The molecule has 0 aromatic rings. The summed E-state index contributed by atoms with van der Waals surface area (Å²) < 4.78 is 11.6. The second kappa shape index (κ2) is 33.7. The lowest BCUT2D eigenvalue weighted by atomic mass is 10.0. The summed E-state index contributed by atoms with van der Waals surface area (Å²) in [5.41, 5.74) is 0. The third kappa shape index (κ3) is 33.6. The van der Waals surface area contributed by atoms with E-state index in [2.05, 4.69) is 32.9 Å². The van der Waals surface area contributed by atoms with Crippen molar-refractivity contribution in [3.05, 3.63) is 19.1 Å². The molecule has 0 saturated carbocycles. The smallest absolute Gasteiger partial charge is 0.0809 e. The van der Waals surface area contributed by atoms with E-state index < -0.39 is 0 Å². The van der Waals surface area contributed by atoms with E-state index >= 15 is 0 Å². The second-order valence-corrected chi connectivity index (χ2v) is 11.4. The molecular weight excluding hydrogens is 452 g/mol. The summed E-state index contributed by atoms with van der Waals surface area (Å²) in [6.07, 6.45) is 40.2. The molecule has 221 valence electrons. The predicted octanol–water partition coefficient (Wildman–Crippen LogP) is 12.0. The van der Waals surface area contributed by atoms with Crippen molar-refractivity contribution in [3.8, 4) is 0 Å². The molecule has 2 heteroatoms. The molecule has 0 aliphatic heterocycles. The molecule has 0 bridgehead atoms. The molecule has 0 N–H and O–H groups in total. The number of hydrogen-bond acceptors (Lipinski definition) is 2. The molecule has 0 aromatic heterocycles. The van der Waals surface area contributed by atoms with Crippen LogP contribution in [0.1, 0.15) is 181 Å². The van der Waals surface area contributed by atoms with Crippen molar-refractivity contribution >= 4 is 0 Å². The lowest BCUT2D eigenvalue weighted by Crippen LogP contribution is -2.17. The molecule has 0 aliphatic carbocycles. The van der Waals surface area contributed by atoms with Gasteiger partial charge < -0.3 is 9.47 Å². The van der Waals surface area contributed by atoms with Crippen LogP contribution in [0.15, 0.2) is 12.2 Å². The molecule has 1 unspecified atom stereocenters. The van der Waals surface area contributed by atoms with Crippen LogP contribution in [-0.4, -0.2) is 25.9 Å². The van der Waals surface area contributed by atoms with E-state index in [0.717, 1.165) is 19.6 Å². The third-order valence-electron chi connectivity index (χ3n) is 7.46. The van der Waals surface area contributed by atoms with Crippen molar-refractivity contribution in [2.75, 3.05) is 19.8 Å². The summed E-state index contributed by atoms with van der Waals surface area (Å²) in [5.74, 6) is 0. The maximum absolute atomic E-state index is 5.83. The molecule has 37 heavy (non-hydrogen) atoms. The average molecular weight is 522 g/mol. The van der Waals surface area contributed by atoms with Gasteiger partial charge in [-0.2, -0.15) is 0 Å². The Labute approximate surface area is 235 Å². The molecule has 0 rings (SSSR count). The van der Waals surface area contributed by atoms with Gasteiger partial charge in [0, 0.05) is 13.2 Å². The van der Waals surface area contributed by atoms with Crippen LogP contribution < -0.4 is 0 Å². The zero-order valence-corrected chi connectivity index (χ0v) is 25.8. The summed E-state index contributed by atoms with van der Waals surface area (Å²) >= 11 is 0. The predicted molar refractivity (Wildman–Crippen MR) is 166 cm³/mol. The Morgan fingerprint density at radius 2 is 0.811 bits per heavy atom. The van der Waals surface area contributed by atoms with Crippen LogP contribution in [0.25, 0.3) is 0 Å². The molecule has 2 nitrogen and oxygen atoms in total. The van der Waals surface area contributed by atoms with Crippen LogP contribution >= 0.6 is 0 Å². The van der Waals surface area contributed by atoms with Gasteiger partial charge in [-0.3, -0.25) is 0 Å². The Morgan fingerprint density at radius 3 is 1.27 bits per heavy atom. The van der Waals surface area contributed by atoms with Crippen LogP contribution in [0, 0.1) is 6.92 Å². The number of allylic oxidation sites excluding steroid dienone is 2. The zero-order valence-electron chi connectivity index (χ0n) is 25.8. The maximum Gasteiger partial charge on any atom is 0.0809 e. The number of unbranched alkanes of at least 4 members (excludes halogenated alkanes) is 23. The highest BCUT2D eigenvalue weighted by Gasteiger charge is 2.02. The highest BCUT2D eigenvalue weighted by atomic mass is 16.5. The van der Waals surface area contributed by atoms with Gasteiger partial charge in [-0.25, -0.2) is 0 Å². The van der Waals surface area contributed by atoms with Crippen molar-refractivity contribution < 1.29 is 9.47 Å². The number of ether oxygens (including phenoxy) is 2. The first-order chi connectivity index (χ1) is 18.3. The van der Waals surface area contributed by atoms with Gasteiger partial charge in [-0.15, -0.1) is 0 Å². The topological polar surface area (TPSA) is 18.5 Å². The van der Waals surface area contributed by atoms with Gasteiger partial charge in [0.2, 0.25) is 0 Å². The minimum atomic E-state index is -0.0135. The molecule has 0 aromatic carbocycles.